The molecule has 2 aliphatic carbocycles. The van der Waals surface area contributed by atoms with Crippen LogP contribution in [0.4, 0.5) is 5.82 Å². The van der Waals surface area contributed by atoms with Crippen molar-refractivity contribution in [2.75, 3.05) is 31.5 Å². The van der Waals surface area contributed by atoms with Gasteiger partial charge in [-0.3, -0.25) is 19.8 Å². The molecule has 194 valence electrons. The topological polar surface area (TPSA) is 117 Å². The lowest BCUT2D eigenvalue weighted by molar-refractivity contribution is -0.114. The summed E-state index contributed by atoms with van der Waals surface area (Å²) in [5.41, 5.74) is 8.12. The minimum Gasteiger partial charge on any atom is -0.368 e. The summed E-state index contributed by atoms with van der Waals surface area (Å²) < 4.78 is 0. The molecule has 1 aliphatic heterocycles. The van der Waals surface area contributed by atoms with E-state index in [9.17, 15) is 9.59 Å². The molecule has 5 rings (SSSR count). The first-order valence-corrected chi connectivity index (χ1v) is 13.3. The lowest BCUT2D eigenvalue weighted by atomic mass is 9.65. The molecule has 37 heavy (non-hydrogen) atoms. The van der Waals surface area contributed by atoms with E-state index >= 15 is 0 Å². The summed E-state index contributed by atoms with van der Waals surface area (Å²) in [6.07, 6.45) is 19.9. The van der Waals surface area contributed by atoms with Gasteiger partial charge in [-0.25, -0.2) is 0 Å². The number of hydrogen-bond acceptors (Lipinski definition) is 6. The van der Waals surface area contributed by atoms with Gasteiger partial charge in [0.25, 0.3) is 0 Å². The van der Waals surface area contributed by atoms with Crippen molar-refractivity contribution in [3.63, 3.8) is 0 Å². The van der Waals surface area contributed by atoms with Crippen LogP contribution in [0.25, 0.3) is 0 Å². The lowest BCUT2D eigenvalue weighted by Crippen LogP contribution is -2.41. The van der Waals surface area contributed by atoms with Crippen molar-refractivity contribution in [1.82, 2.24) is 20.1 Å². The smallest absolute Gasteiger partial charge is 0.241 e. The van der Waals surface area contributed by atoms with Crippen molar-refractivity contribution in [3.05, 3.63) is 77.8 Å². The highest BCUT2D eigenvalue weighted by molar-refractivity contribution is 5.85. The molecule has 3 heterocycles. The molecular weight excluding hydrogens is 464 g/mol. The maximum atomic E-state index is 12.6. The van der Waals surface area contributed by atoms with Crippen LogP contribution in [0.15, 0.2) is 60.9 Å². The van der Waals surface area contributed by atoms with E-state index in [2.05, 4.69) is 50.8 Å². The van der Waals surface area contributed by atoms with Gasteiger partial charge in [-0.2, -0.15) is 5.10 Å². The first-order chi connectivity index (χ1) is 18.1. The van der Waals surface area contributed by atoms with Crippen molar-refractivity contribution >= 4 is 18.0 Å². The molecular formula is C29H36N6O2. The van der Waals surface area contributed by atoms with Crippen LogP contribution in [0, 0.1) is 5.92 Å². The molecule has 3 aliphatic rings. The molecule has 8 nitrogen and oxygen atoms in total. The van der Waals surface area contributed by atoms with Crippen molar-refractivity contribution < 1.29 is 9.59 Å². The summed E-state index contributed by atoms with van der Waals surface area (Å²) in [6, 6.07) is 6.20. The van der Waals surface area contributed by atoms with Crippen molar-refractivity contribution in [2.24, 2.45) is 11.7 Å². The predicted octanol–water partition coefficient (Wildman–Crippen LogP) is 3.58. The minimum absolute atomic E-state index is 0.246. The number of nitrogens with zero attached hydrogens (tertiary/aromatic N) is 3. The Morgan fingerprint density at radius 2 is 2.19 bits per heavy atom. The van der Waals surface area contributed by atoms with Crippen LogP contribution in [-0.4, -0.2) is 58.5 Å². The number of hydrogen-bond donors (Lipinski definition) is 3. The number of primary amides is 1. The second kappa shape index (κ2) is 11.3. The van der Waals surface area contributed by atoms with Crippen molar-refractivity contribution in [1.29, 1.82) is 0 Å². The SMILES string of the molecule is NC(=O)C=CCN1CCCC(c2ncccc2C2(C(C=O)CNc3cc(C4CC4)[nH]n3)C=CC=CC2)C1. The Kier molecular flexibility index (Phi) is 7.65. The van der Waals surface area contributed by atoms with E-state index < -0.39 is 11.3 Å². The van der Waals surface area contributed by atoms with Gasteiger partial charge in [-0.15, -0.1) is 0 Å². The van der Waals surface area contributed by atoms with E-state index in [1.807, 2.05) is 24.4 Å². The first kappa shape index (κ1) is 25.1. The van der Waals surface area contributed by atoms with E-state index in [1.54, 1.807) is 0 Å². The Hall–Kier alpha value is -3.52. The van der Waals surface area contributed by atoms with Crippen LogP contribution in [-0.2, 0) is 15.0 Å². The Morgan fingerprint density at radius 1 is 1.30 bits per heavy atom. The fraction of sp³-hybridized carbons (Fsp3) is 0.448. The molecule has 1 saturated heterocycles. The lowest BCUT2D eigenvalue weighted by Gasteiger charge is -2.40. The monoisotopic (exact) mass is 500 g/mol. The number of piperidine rings is 1. The average molecular weight is 501 g/mol. The van der Waals surface area contributed by atoms with Gasteiger partial charge in [0.1, 0.15) is 12.1 Å². The molecule has 0 radical (unpaired) electrons. The van der Waals surface area contributed by atoms with Crippen molar-refractivity contribution in [2.45, 2.75) is 49.4 Å². The molecule has 4 N–H and O–H groups in total. The number of aromatic nitrogens is 3. The Labute approximate surface area is 218 Å². The predicted molar refractivity (Wildman–Crippen MR) is 144 cm³/mol. The van der Waals surface area contributed by atoms with Gasteiger partial charge in [0.2, 0.25) is 5.91 Å². The molecule has 1 amide bonds. The number of aromatic amines is 1. The summed E-state index contributed by atoms with van der Waals surface area (Å²) in [5.74, 6) is 0.915. The van der Waals surface area contributed by atoms with Crippen LogP contribution >= 0.6 is 0 Å². The third-order valence-electron chi connectivity index (χ3n) is 7.92. The van der Waals surface area contributed by atoms with Gasteiger partial charge in [0, 0.05) is 66.5 Å². The van der Waals surface area contributed by atoms with E-state index in [1.165, 1.54) is 24.6 Å². The zero-order chi connectivity index (χ0) is 25.7. The molecule has 2 aromatic rings. The zero-order valence-corrected chi connectivity index (χ0v) is 21.2. The maximum Gasteiger partial charge on any atom is 0.241 e. The van der Waals surface area contributed by atoms with E-state index in [4.69, 9.17) is 10.7 Å². The first-order valence-electron chi connectivity index (χ1n) is 13.3. The highest BCUT2D eigenvalue weighted by Gasteiger charge is 2.41. The molecule has 0 aromatic carbocycles. The van der Waals surface area contributed by atoms with Gasteiger partial charge in [0.15, 0.2) is 0 Å². The van der Waals surface area contributed by atoms with E-state index in [0.29, 0.717) is 19.0 Å². The minimum atomic E-state index is -0.489. The summed E-state index contributed by atoms with van der Waals surface area (Å²) in [6.45, 7) is 3.00. The quantitative estimate of drug-likeness (QED) is 0.321. The fourth-order valence-corrected chi connectivity index (χ4v) is 5.81. The number of amides is 1. The number of H-pyrrole nitrogens is 1. The normalized spacial score (nSPS) is 24.8. The maximum absolute atomic E-state index is 12.6. The van der Waals surface area contributed by atoms with E-state index in [0.717, 1.165) is 55.7 Å². The van der Waals surface area contributed by atoms with Gasteiger partial charge >= 0.3 is 0 Å². The molecule has 0 bridgehead atoms. The molecule has 3 unspecified atom stereocenters. The standard InChI is InChI=1S/C29H36N6O2/c30-26(37)9-6-16-35-15-5-7-22(19-35)28-24(8-4-14-31-28)29(12-2-1-3-13-29)23(20-36)18-32-27-17-25(33-34-27)21-10-11-21/h1-4,6,8-9,12,14,17,20-23H,5,7,10-11,13,15-16,18-19H2,(H2,30,37)(H2,32,33,34). The van der Waals surface area contributed by atoms with Gasteiger partial charge in [0.05, 0.1) is 0 Å². The van der Waals surface area contributed by atoms with Crippen LogP contribution in [0.5, 0.6) is 0 Å². The van der Waals surface area contributed by atoms with Gasteiger partial charge in [-0.1, -0.05) is 36.4 Å². The number of pyridine rings is 1. The van der Waals surface area contributed by atoms with E-state index in [-0.39, 0.29) is 11.8 Å². The Morgan fingerprint density at radius 3 is 2.95 bits per heavy atom. The Balaban J connectivity index is 1.39. The number of rotatable bonds is 11. The third kappa shape index (κ3) is 5.74. The van der Waals surface area contributed by atoms with Gasteiger partial charge in [-0.05, 0) is 56.4 Å². The van der Waals surface area contributed by atoms with Crippen LogP contribution in [0.1, 0.15) is 60.9 Å². The number of carbonyl (C=O) groups is 2. The molecule has 2 fully saturated rings. The number of nitrogens with one attached hydrogen (secondary N) is 2. The number of nitrogens with two attached hydrogens (primary N) is 1. The molecule has 3 atom stereocenters. The van der Waals surface area contributed by atoms with Crippen LogP contribution < -0.4 is 11.1 Å². The summed E-state index contributed by atoms with van der Waals surface area (Å²) >= 11 is 0. The highest BCUT2D eigenvalue weighted by atomic mass is 16.1. The second-order valence-corrected chi connectivity index (χ2v) is 10.5. The molecule has 0 spiro atoms. The zero-order valence-electron chi connectivity index (χ0n) is 21.2. The number of likely N-dealkylation sites (tertiary alicyclic amines) is 1. The number of anilines is 1. The second-order valence-electron chi connectivity index (χ2n) is 10.5. The molecule has 1 saturated carbocycles. The average Bonchev–Trinajstić information content (AvgIpc) is 3.67. The van der Waals surface area contributed by atoms with Crippen molar-refractivity contribution in [3.8, 4) is 0 Å². The number of allylic oxidation sites excluding steroid dienone is 4. The Bertz CT molecular complexity index is 1200. The molecule has 8 heteroatoms. The fourth-order valence-electron chi connectivity index (χ4n) is 5.81. The summed E-state index contributed by atoms with van der Waals surface area (Å²) in [5, 5.41) is 11.0. The molecule has 2 aromatic heterocycles. The van der Waals surface area contributed by atoms with Gasteiger partial charge < -0.3 is 15.8 Å². The van der Waals surface area contributed by atoms with Crippen LogP contribution in [0.3, 0.4) is 0 Å². The number of carbonyl (C=O) groups excluding carboxylic acids is 2. The summed E-state index contributed by atoms with van der Waals surface area (Å²) in [4.78, 5) is 31.0. The highest BCUT2D eigenvalue weighted by Crippen LogP contribution is 2.44. The number of aldehydes is 1. The van der Waals surface area contributed by atoms with Crippen LogP contribution in [0.2, 0.25) is 0 Å². The summed E-state index contributed by atoms with van der Waals surface area (Å²) in [7, 11) is 0. The largest absolute Gasteiger partial charge is 0.368 e. The third-order valence-corrected chi connectivity index (χ3v) is 7.92.